The molecule has 0 fully saturated rings. The average Bonchev–Trinajstić information content (AvgIpc) is 3.42. The maximum absolute atomic E-state index is 14.1. The minimum absolute atomic E-state index is 0.0721. The maximum Gasteiger partial charge on any atom is 0.199 e. The second-order valence-electron chi connectivity index (χ2n) is 8.25. The first-order valence-corrected chi connectivity index (χ1v) is 10.2. The SMILES string of the molecule is Cc1ccc2[nH]cc(C3(c4c[nH]c5ccc(C)cc45)Nc4ccccc4C3=O)c2c1. The van der Waals surface area contributed by atoms with E-state index in [1.54, 1.807) is 0 Å². The molecular formula is C26H21N3O. The fraction of sp³-hybridized carbons (Fsp3) is 0.115. The van der Waals surface area contributed by atoms with Gasteiger partial charge in [0.2, 0.25) is 0 Å². The molecule has 1 aliphatic heterocycles. The fourth-order valence-corrected chi connectivity index (χ4v) is 4.86. The molecule has 4 heteroatoms. The van der Waals surface area contributed by atoms with Gasteiger partial charge in [0.25, 0.3) is 0 Å². The van der Waals surface area contributed by atoms with E-state index >= 15 is 0 Å². The molecule has 0 radical (unpaired) electrons. The molecule has 3 heterocycles. The number of aromatic nitrogens is 2. The molecule has 0 amide bonds. The number of Topliss-reactive ketones (excluding diaryl/α,β-unsaturated/α-hetero) is 1. The van der Waals surface area contributed by atoms with Crippen LogP contribution in [0.15, 0.2) is 73.1 Å². The third-order valence-electron chi connectivity index (χ3n) is 6.32. The fourth-order valence-electron chi connectivity index (χ4n) is 4.86. The van der Waals surface area contributed by atoms with Crippen molar-refractivity contribution < 1.29 is 4.79 Å². The Morgan fingerprint density at radius 3 is 1.87 bits per heavy atom. The minimum atomic E-state index is -0.998. The van der Waals surface area contributed by atoms with Gasteiger partial charge in [0.1, 0.15) is 0 Å². The number of anilines is 1. The molecule has 3 aromatic carbocycles. The highest BCUT2D eigenvalue weighted by atomic mass is 16.1. The number of nitrogens with one attached hydrogen (secondary N) is 3. The summed E-state index contributed by atoms with van der Waals surface area (Å²) >= 11 is 0. The van der Waals surface area contributed by atoms with E-state index in [9.17, 15) is 4.79 Å². The predicted octanol–water partition coefficient (Wildman–Crippen LogP) is 5.82. The summed E-state index contributed by atoms with van der Waals surface area (Å²) in [6, 6.07) is 20.4. The third-order valence-corrected chi connectivity index (χ3v) is 6.32. The zero-order chi connectivity index (χ0) is 20.5. The molecule has 0 unspecified atom stereocenters. The summed E-state index contributed by atoms with van der Waals surface area (Å²) < 4.78 is 0. The number of rotatable bonds is 2. The Morgan fingerprint density at radius 2 is 1.30 bits per heavy atom. The zero-order valence-electron chi connectivity index (χ0n) is 16.8. The van der Waals surface area contributed by atoms with Crippen molar-refractivity contribution in [2.45, 2.75) is 19.4 Å². The van der Waals surface area contributed by atoms with E-state index in [2.05, 4.69) is 65.5 Å². The lowest BCUT2D eigenvalue weighted by Crippen LogP contribution is -2.39. The summed E-state index contributed by atoms with van der Waals surface area (Å²) in [6.45, 7) is 4.16. The standard InChI is InChI=1S/C26H21N3O/c1-15-7-9-22-18(11-15)20(13-27-22)26(25(30)17-5-3-4-6-24(17)29-26)21-14-28-23-10-8-16(2)12-19(21)23/h3-14,27-29H,1-2H3. The van der Waals surface area contributed by atoms with Gasteiger partial charge in [-0.05, 0) is 50.2 Å². The lowest BCUT2D eigenvalue weighted by Gasteiger charge is -2.29. The molecule has 6 rings (SSSR count). The lowest BCUT2D eigenvalue weighted by molar-refractivity contribution is 0.0942. The number of fused-ring (bicyclic) bond motifs is 3. The lowest BCUT2D eigenvalue weighted by atomic mass is 9.79. The summed E-state index contributed by atoms with van der Waals surface area (Å²) in [6.07, 6.45) is 3.96. The quantitative estimate of drug-likeness (QED) is 0.355. The Morgan fingerprint density at radius 1 is 0.733 bits per heavy atom. The number of aryl methyl sites for hydroxylation is 2. The van der Waals surface area contributed by atoms with Crippen molar-refractivity contribution in [1.29, 1.82) is 0 Å². The molecular weight excluding hydrogens is 370 g/mol. The van der Waals surface area contributed by atoms with Crippen LogP contribution >= 0.6 is 0 Å². The average molecular weight is 391 g/mol. The molecule has 0 spiro atoms. The van der Waals surface area contributed by atoms with Crippen LogP contribution in [0, 0.1) is 13.8 Å². The number of ketones is 1. The molecule has 30 heavy (non-hydrogen) atoms. The van der Waals surface area contributed by atoms with E-state index in [4.69, 9.17) is 0 Å². The highest BCUT2D eigenvalue weighted by Crippen LogP contribution is 2.48. The third kappa shape index (κ3) is 2.13. The number of carbonyl (C=O) groups is 1. The number of hydrogen-bond acceptors (Lipinski definition) is 2. The Bertz CT molecular complexity index is 1390. The number of carbonyl (C=O) groups excluding carboxylic acids is 1. The molecule has 4 nitrogen and oxygen atoms in total. The molecule has 2 aromatic heterocycles. The molecule has 1 aliphatic rings. The zero-order valence-corrected chi connectivity index (χ0v) is 16.8. The molecule has 0 saturated carbocycles. The summed E-state index contributed by atoms with van der Waals surface area (Å²) in [4.78, 5) is 20.8. The van der Waals surface area contributed by atoms with Gasteiger partial charge in [0, 0.05) is 56.6 Å². The summed E-state index contributed by atoms with van der Waals surface area (Å²) in [7, 11) is 0. The van der Waals surface area contributed by atoms with Crippen LogP contribution in [0.3, 0.4) is 0 Å². The molecule has 5 aromatic rings. The molecule has 0 saturated heterocycles. The Labute approximate surface area is 173 Å². The van der Waals surface area contributed by atoms with E-state index in [1.165, 1.54) is 0 Å². The van der Waals surface area contributed by atoms with Crippen molar-refractivity contribution in [3.05, 3.63) is 101 Å². The van der Waals surface area contributed by atoms with Crippen LogP contribution < -0.4 is 5.32 Å². The molecule has 0 atom stereocenters. The highest BCUT2D eigenvalue weighted by Gasteiger charge is 2.50. The predicted molar refractivity (Wildman–Crippen MR) is 121 cm³/mol. The van der Waals surface area contributed by atoms with E-state index in [0.717, 1.165) is 55.3 Å². The normalized spacial score (nSPS) is 14.9. The largest absolute Gasteiger partial charge is 0.365 e. The van der Waals surface area contributed by atoms with Crippen molar-refractivity contribution in [2.24, 2.45) is 0 Å². The van der Waals surface area contributed by atoms with Crippen LogP contribution in [0.5, 0.6) is 0 Å². The van der Waals surface area contributed by atoms with E-state index in [0.29, 0.717) is 0 Å². The van der Waals surface area contributed by atoms with Crippen LogP contribution in [-0.2, 0) is 5.54 Å². The van der Waals surface area contributed by atoms with Crippen molar-refractivity contribution in [1.82, 2.24) is 9.97 Å². The van der Waals surface area contributed by atoms with Gasteiger partial charge in [0.15, 0.2) is 11.3 Å². The number of benzene rings is 3. The Hall–Kier alpha value is -3.79. The molecule has 0 aliphatic carbocycles. The van der Waals surface area contributed by atoms with Gasteiger partial charge in [-0.15, -0.1) is 0 Å². The van der Waals surface area contributed by atoms with Gasteiger partial charge in [-0.3, -0.25) is 4.79 Å². The first kappa shape index (κ1) is 17.1. The van der Waals surface area contributed by atoms with Gasteiger partial charge in [-0.1, -0.05) is 35.4 Å². The number of hydrogen-bond donors (Lipinski definition) is 3. The summed E-state index contributed by atoms with van der Waals surface area (Å²) in [5.74, 6) is 0.0721. The van der Waals surface area contributed by atoms with Gasteiger partial charge in [-0.2, -0.15) is 0 Å². The Balaban J connectivity index is 1.73. The number of para-hydroxylation sites is 1. The number of H-pyrrole nitrogens is 2. The van der Waals surface area contributed by atoms with Crippen LogP contribution in [0.25, 0.3) is 21.8 Å². The Kier molecular flexibility index (Phi) is 3.34. The van der Waals surface area contributed by atoms with Gasteiger partial charge in [-0.25, -0.2) is 0 Å². The molecule has 3 N–H and O–H groups in total. The molecule has 0 bridgehead atoms. The van der Waals surface area contributed by atoms with E-state index in [1.807, 2.05) is 36.7 Å². The van der Waals surface area contributed by atoms with Gasteiger partial charge in [0.05, 0.1) is 0 Å². The van der Waals surface area contributed by atoms with Crippen LogP contribution in [0.4, 0.5) is 5.69 Å². The molecule has 146 valence electrons. The van der Waals surface area contributed by atoms with Gasteiger partial charge < -0.3 is 15.3 Å². The van der Waals surface area contributed by atoms with Crippen LogP contribution in [0.1, 0.15) is 32.6 Å². The van der Waals surface area contributed by atoms with Crippen molar-refractivity contribution >= 4 is 33.3 Å². The second-order valence-corrected chi connectivity index (χ2v) is 8.25. The van der Waals surface area contributed by atoms with Crippen LogP contribution in [-0.4, -0.2) is 15.8 Å². The van der Waals surface area contributed by atoms with E-state index in [-0.39, 0.29) is 5.78 Å². The van der Waals surface area contributed by atoms with Crippen LogP contribution in [0.2, 0.25) is 0 Å². The smallest absolute Gasteiger partial charge is 0.199 e. The second kappa shape index (κ2) is 5.86. The first-order valence-electron chi connectivity index (χ1n) is 10.2. The summed E-state index contributed by atoms with van der Waals surface area (Å²) in [5, 5.41) is 5.76. The summed E-state index contributed by atoms with van der Waals surface area (Å²) in [5.41, 5.74) is 6.87. The minimum Gasteiger partial charge on any atom is -0.365 e. The number of aromatic amines is 2. The van der Waals surface area contributed by atoms with E-state index < -0.39 is 5.54 Å². The van der Waals surface area contributed by atoms with Crippen molar-refractivity contribution in [2.75, 3.05) is 5.32 Å². The highest BCUT2D eigenvalue weighted by molar-refractivity contribution is 6.18. The van der Waals surface area contributed by atoms with Crippen molar-refractivity contribution in [3.8, 4) is 0 Å². The maximum atomic E-state index is 14.1. The topological polar surface area (TPSA) is 60.7 Å². The van der Waals surface area contributed by atoms with Gasteiger partial charge >= 0.3 is 0 Å². The van der Waals surface area contributed by atoms with Crippen molar-refractivity contribution in [3.63, 3.8) is 0 Å². The first-order chi connectivity index (χ1) is 14.6. The monoisotopic (exact) mass is 391 g/mol.